The van der Waals surface area contributed by atoms with E-state index in [0.29, 0.717) is 0 Å². The Balaban J connectivity index is 2.23. The monoisotopic (exact) mass is 198 g/mol. The molecule has 0 aromatic carbocycles. The average Bonchev–Trinajstić information content (AvgIpc) is 2.47. The van der Waals surface area contributed by atoms with E-state index in [4.69, 9.17) is 5.73 Å². The predicted octanol–water partition coefficient (Wildman–Crippen LogP) is 2.09. The van der Waals surface area contributed by atoms with Crippen molar-refractivity contribution in [2.45, 2.75) is 46.1 Å². The molecule has 1 aliphatic rings. The van der Waals surface area contributed by atoms with E-state index in [0.717, 1.165) is 18.3 Å². The van der Waals surface area contributed by atoms with Crippen LogP contribution in [-0.2, 0) is 0 Å². The van der Waals surface area contributed by atoms with Crippen molar-refractivity contribution in [3.8, 4) is 0 Å². The molecule has 0 bridgehead atoms. The lowest BCUT2D eigenvalue weighted by molar-refractivity contribution is 0.275. The maximum Gasteiger partial charge on any atom is 0.0109 e. The van der Waals surface area contributed by atoms with Crippen LogP contribution in [-0.4, -0.2) is 30.1 Å². The van der Waals surface area contributed by atoms with E-state index in [1.54, 1.807) is 0 Å². The van der Waals surface area contributed by atoms with Gasteiger partial charge in [0, 0.05) is 12.1 Å². The second kappa shape index (κ2) is 4.63. The molecule has 0 aromatic rings. The summed E-state index contributed by atoms with van der Waals surface area (Å²) < 4.78 is 0. The largest absolute Gasteiger partial charge is 0.326 e. The first-order valence-electron chi connectivity index (χ1n) is 5.90. The minimum absolute atomic E-state index is 0.00405. The van der Waals surface area contributed by atoms with Crippen LogP contribution in [0.3, 0.4) is 0 Å². The molecule has 1 heterocycles. The Hall–Kier alpha value is -0.0800. The third-order valence-corrected chi connectivity index (χ3v) is 3.32. The molecule has 2 heteroatoms. The van der Waals surface area contributed by atoms with Crippen LogP contribution < -0.4 is 5.73 Å². The summed E-state index contributed by atoms with van der Waals surface area (Å²) in [7, 11) is 0. The number of nitrogens with two attached hydrogens (primary N) is 1. The minimum Gasteiger partial charge on any atom is -0.326 e. The van der Waals surface area contributed by atoms with Crippen molar-refractivity contribution in [1.29, 1.82) is 0 Å². The van der Waals surface area contributed by atoms with Gasteiger partial charge in [-0.25, -0.2) is 0 Å². The van der Waals surface area contributed by atoms with Gasteiger partial charge in [-0.2, -0.15) is 0 Å². The third kappa shape index (κ3) is 3.97. The quantitative estimate of drug-likeness (QED) is 0.749. The number of nitrogens with zero attached hydrogens (tertiary/aromatic N) is 1. The molecule has 0 saturated carbocycles. The van der Waals surface area contributed by atoms with Gasteiger partial charge in [0.05, 0.1) is 0 Å². The summed E-state index contributed by atoms with van der Waals surface area (Å²) in [6.07, 6.45) is 2.49. The van der Waals surface area contributed by atoms with E-state index < -0.39 is 0 Å². The lowest BCUT2D eigenvalue weighted by Crippen LogP contribution is -2.37. The van der Waals surface area contributed by atoms with Gasteiger partial charge in [-0.3, -0.25) is 0 Å². The van der Waals surface area contributed by atoms with Gasteiger partial charge in [0.2, 0.25) is 0 Å². The van der Waals surface area contributed by atoms with Crippen LogP contribution in [0.5, 0.6) is 0 Å². The predicted molar refractivity (Wildman–Crippen MR) is 62.3 cm³/mol. The highest BCUT2D eigenvalue weighted by molar-refractivity contribution is 4.80. The van der Waals surface area contributed by atoms with Gasteiger partial charge in [0.25, 0.3) is 0 Å². The number of hydrogen-bond donors (Lipinski definition) is 1. The molecule has 1 aliphatic heterocycles. The van der Waals surface area contributed by atoms with Gasteiger partial charge in [-0.1, -0.05) is 13.8 Å². The Morgan fingerprint density at radius 1 is 1.43 bits per heavy atom. The summed E-state index contributed by atoms with van der Waals surface area (Å²) in [4.78, 5) is 2.57. The summed E-state index contributed by atoms with van der Waals surface area (Å²) >= 11 is 0. The zero-order valence-corrected chi connectivity index (χ0v) is 10.2. The lowest BCUT2D eigenvalue weighted by atomic mass is 9.95. The van der Waals surface area contributed by atoms with E-state index >= 15 is 0 Å². The normalized spacial score (nSPS) is 24.9. The lowest BCUT2D eigenvalue weighted by Gasteiger charge is -2.23. The Morgan fingerprint density at radius 3 is 2.50 bits per heavy atom. The molecule has 0 amide bonds. The van der Waals surface area contributed by atoms with Gasteiger partial charge in [-0.05, 0) is 51.6 Å². The fourth-order valence-corrected chi connectivity index (χ4v) is 2.06. The molecule has 1 fully saturated rings. The van der Waals surface area contributed by atoms with Gasteiger partial charge < -0.3 is 10.6 Å². The molecular weight excluding hydrogens is 172 g/mol. The highest BCUT2D eigenvalue weighted by Gasteiger charge is 2.25. The zero-order valence-electron chi connectivity index (χ0n) is 10.2. The molecule has 0 aliphatic carbocycles. The van der Waals surface area contributed by atoms with Crippen molar-refractivity contribution in [1.82, 2.24) is 4.90 Å². The second-order valence-corrected chi connectivity index (χ2v) is 5.83. The topological polar surface area (TPSA) is 29.3 Å². The Labute approximate surface area is 88.8 Å². The maximum atomic E-state index is 5.98. The molecule has 2 nitrogen and oxygen atoms in total. The first-order chi connectivity index (χ1) is 6.38. The maximum absolute atomic E-state index is 5.98. The SMILES string of the molecule is CC(C)C1CCN(CCC(C)(C)N)C1. The van der Waals surface area contributed by atoms with Crippen molar-refractivity contribution >= 4 is 0 Å². The van der Waals surface area contributed by atoms with Crippen LogP contribution in [0.25, 0.3) is 0 Å². The van der Waals surface area contributed by atoms with Crippen molar-refractivity contribution in [2.24, 2.45) is 17.6 Å². The average molecular weight is 198 g/mol. The molecule has 2 N–H and O–H groups in total. The van der Waals surface area contributed by atoms with Crippen LogP contribution in [0.1, 0.15) is 40.5 Å². The van der Waals surface area contributed by atoms with Crippen LogP contribution in [0, 0.1) is 11.8 Å². The Kier molecular flexibility index (Phi) is 3.96. The molecule has 1 atom stereocenters. The fourth-order valence-electron chi connectivity index (χ4n) is 2.06. The molecule has 14 heavy (non-hydrogen) atoms. The molecule has 1 rings (SSSR count). The Morgan fingerprint density at radius 2 is 2.07 bits per heavy atom. The minimum atomic E-state index is -0.00405. The standard InChI is InChI=1S/C12H26N2/c1-10(2)11-5-7-14(9-11)8-6-12(3,4)13/h10-11H,5-9,13H2,1-4H3. The van der Waals surface area contributed by atoms with Crippen molar-refractivity contribution in [3.63, 3.8) is 0 Å². The van der Waals surface area contributed by atoms with E-state index in [1.165, 1.54) is 26.1 Å². The number of likely N-dealkylation sites (tertiary alicyclic amines) is 1. The van der Waals surface area contributed by atoms with E-state index in [1.807, 2.05) is 0 Å². The number of rotatable bonds is 4. The van der Waals surface area contributed by atoms with Gasteiger partial charge in [-0.15, -0.1) is 0 Å². The third-order valence-electron chi connectivity index (χ3n) is 3.32. The molecule has 0 spiro atoms. The fraction of sp³-hybridized carbons (Fsp3) is 1.00. The summed E-state index contributed by atoms with van der Waals surface area (Å²) in [5, 5.41) is 0. The molecule has 1 saturated heterocycles. The van der Waals surface area contributed by atoms with Crippen LogP contribution in [0.15, 0.2) is 0 Å². The van der Waals surface area contributed by atoms with Gasteiger partial charge in [0.1, 0.15) is 0 Å². The Bertz CT molecular complexity index is 170. The molecule has 0 radical (unpaired) electrons. The highest BCUT2D eigenvalue weighted by Crippen LogP contribution is 2.24. The molecule has 0 aromatic heterocycles. The smallest absolute Gasteiger partial charge is 0.0109 e. The van der Waals surface area contributed by atoms with Crippen LogP contribution in [0.4, 0.5) is 0 Å². The van der Waals surface area contributed by atoms with Crippen molar-refractivity contribution in [2.75, 3.05) is 19.6 Å². The first kappa shape index (κ1) is 12.0. The second-order valence-electron chi connectivity index (χ2n) is 5.83. The zero-order chi connectivity index (χ0) is 10.8. The van der Waals surface area contributed by atoms with E-state index in [-0.39, 0.29) is 5.54 Å². The molecule has 84 valence electrons. The summed E-state index contributed by atoms with van der Waals surface area (Å²) in [6.45, 7) is 12.6. The van der Waals surface area contributed by atoms with Gasteiger partial charge in [0.15, 0.2) is 0 Å². The summed E-state index contributed by atoms with van der Waals surface area (Å²) in [6, 6.07) is 0. The molecule has 1 unspecified atom stereocenters. The highest BCUT2D eigenvalue weighted by atomic mass is 15.1. The van der Waals surface area contributed by atoms with Crippen molar-refractivity contribution < 1.29 is 0 Å². The summed E-state index contributed by atoms with van der Waals surface area (Å²) in [5.41, 5.74) is 5.98. The van der Waals surface area contributed by atoms with Crippen LogP contribution in [0.2, 0.25) is 0 Å². The van der Waals surface area contributed by atoms with E-state index in [2.05, 4.69) is 32.6 Å². The molecular formula is C12H26N2. The van der Waals surface area contributed by atoms with E-state index in [9.17, 15) is 0 Å². The van der Waals surface area contributed by atoms with Crippen molar-refractivity contribution in [3.05, 3.63) is 0 Å². The van der Waals surface area contributed by atoms with Crippen LogP contribution >= 0.6 is 0 Å². The van der Waals surface area contributed by atoms with Gasteiger partial charge >= 0.3 is 0 Å². The first-order valence-corrected chi connectivity index (χ1v) is 5.90. The number of hydrogen-bond acceptors (Lipinski definition) is 2. The summed E-state index contributed by atoms with van der Waals surface area (Å²) in [5.74, 6) is 1.75.